The summed E-state index contributed by atoms with van der Waals surface area (Å²) in [7, 11) is -7.02. The monoisotopic (exact) mass is 352 g/mol. The van der Waals surface area contributed by atoms with Crippen molar-refractivity contribution in [3.63, 3.8) is 0 Å². The van der Waals surface area contributed by atoms with E-state index in [1.54, 1.807) is 31.3 Å². The van der Waals surface area contributed by atoms with E-state index in [-0.39, 0.29) is 6.54 Å². The van der Waals surface area contributed by atoms with Crippen LogP contribution in [-0.4, -0.2) is 52.6 Å². The lowest BCUT2D eigenvalue weighted by atomic mass is 10.2. The largest absolute Gasteiger partial charge is 0.398 e. The Hall–Kier alpha value is -1.69. The van der Waals surface area contributed by atoms with Crippen LogP contribution in [0, 0.1) is 0 Å². The molecule has 3 N–H and O–H groups in total. The van der Waals surface area contributed by atoms with Gasteiger partial charge in [0.2, 0.25) is 0 Å². The van der Waals surface area contributed by atoms with Gasteiger partial charge in [-0.2, -0.15) is 8.42 Å². The van der Waals surface area contributed by atoms with Crippen LogP contribution >= 0.6 is 0 Å². The smallest absolute Gasteiger partial charge is 0.388 e. The van der Waals surface area contributed by atoms with E-state index in [9.17, 15) is 21.6 Å². The molecule has 9 nitrogen and oxygen atoms in total. The van der Waals surface area contributed by atoms with E-state index in [1.165, 1.54) is 0 Å². The predicted molar refractivity (Wildman–Crippen MR) is 79.6 cm³/mol. The Kier molecular flexibility index (Phi) is 6.29. The second-order valence-electron chi connectivity index (χ2n) is 4.20. The molecule has 124 valence electrons. The average Bonchev–Trinajstić information content (AvgIpc) is 2.44. The van der Waals surface area contributed by atoms with Gasteiger partial charge in [0, 0.05) is 24.8 Å². The van der Waals surface area contributed by atoms with Gasteiger partial charge in [-0.05, 0) is 18.2 Å². The molecule has 0 fully saturated rings. The first-order chi connectivity index (χ1) is 10.1. The van der Waals surface area contributed by atoms with Crippen LogP contribution in [0.4, 0.5) is 5.69 Å². The highest BCUT2D eigenvalue weighted by Crippen LogP contribution is 2.09. The minimum Gasteiger partial charge on any atom is -0.388 e. The van der Waals surface area contributed by atoms with E-state index < -0.39 is 37.8 Å². The zero-order valence-electron chi connectivity index (χ0n) is 11.6. The molecule has 1 aromatic carbocycles. The topological polar surface area (TPSA) is 139 Å². The van der Waals surface area contributed by atoms with E-state index in [1.807, 2.05) is 0 Å². The third-order valence-corrected chi connectivity index (χ3v) is 4.36. The van der Waals surface area contributed by atoms with Crippen LogP contribution in [0.3, 0.4) is 0 Å². The summed E-state index contributed by atoms with van der Waals surface area (Å²) in [5.41, 5.74) is 1.07. The fraction of sp³-hybridized carbons (Fsp3) is 0.364. The van der Waals surface area contributed by atoms with Crippen LogP contribution in [0.1, 0.15) is 10.4 Å². The Balaban J connectivity index is 2.50. The molecule has 0 aliphatic heterocycles. The van der Waals surface area contributed by atoms with E-state index in [4.69, 9.17) is 4.55 Å². The lowest BCUT2D eigenvalue weighted by molar-refractivity contribution is 0.0956. The molecule has 0 unspecified atom stereocenters. The van der Waals surface area contributed by atoms with Crippen molar-refractivity contribution >= 4 is 31.8 Å². The van der Waals surface area contributed by atoms with Crippen molar-refractivity contribution in [1.82, 2.24) is 5.32 Å². The number of hydrogen-bond acceptors (Lipinski definition) is 7. The summed E-state index contributed by atoms with van der Waals surface area (Å²) in [6, 6.07) is 6.57. The lowest BCUT2D eigenvalue weighted by Gasteiger charge is -2.07. The average molecular weight is 352 g/mol. The van der Waals surface area contributed by atoms with Crippen molar-refractivity contribution < 1.29 is 30.4 Å². The van der Waals surface area contributed by atoms with Gasteiger partial charge in [0.15, 0.2) is 15.8 Å². The molecule has 0 aliphatic rings. The van der Waals surface area contributed by atoms with Crippen molar-refractivity contribution in [2.45, 2.75) is 0 Å². The summed E-state index contributed by atoms with van der Waals surface area (Å²) in [5, 5.41) is 5.25. The first kappa shape index (κ1) is 18.4. The highest BCUT2D eigenvalue weighted by molar-refractivity contribution is 7.92. The maximum atomic E-state index is 11.8. The SMILES string of the molecule is CNc1cccc(C(=O)NCCS(=O)(=O)COS(=O)(=O)O)c1. The van der Waals surface area contributed by atoms with Gasteiger partial charge in [-0.1, -0.05) is 6.07 Å². The Bertz CT molecular complexity index is 729. The van der Waals surface area contributed by atoms with Crippen LogP contribution in [0.5, 0.6) is 0 Å². The van der Waals surface area contributed by atoms with Gasteiger partial charge in [0.1, 0.15) is 0 Å². The number of carbonyl (C=O) groups is 1. The van der Waals surface area contributed by atoms with Crippen LogP contribution in [0.15, 0.2) is 24.3 Å². The minimum absolute atomic E-state index is 0.222. The van der Waals surface area contributed by atoms with Gasteiger partial charge in [-0.3, -0.25) is 9.35 Å². The van der Waals surface area contributed by atoms with E-state index >= 15 is 0 Å². The summed E-state index contributed by atoms with van der Waals surface area (Å²) >= 11 is 0. The summed E-state index contributed by atoms with van der Waals surface area (Å²) in [6.07, 6.45) is 0. The van der Waals surface area contributed by atoms with E-state index in [0.717, 1.165) is 5.69 Å². The van der Waals surface area contributed by atoms with Crippen LogP contribution < -0.4 is 10.6 Å². The minimum atomic E-state index is -4.82. The van der Waals surface area contributed by atoms with Crippen molar-refractivity contribution in [2.24, 2.45) is 0 Å². The normalized spacial score (nSPS) is 11.9. The third kappa shape index (κ3) is 6.85. The van der Waals surface area contributed by atoms with Crippen molar-refractivity contribution in [3.8, 4) is 0 Å². The molecule has 0 atom stereocenters. The molecule has 0 saturated carbocycles. The zero-order valence-corrected chi connectivity index (χ0v) is 13.3. The van der Waals surface area contributed by atoms with Gasteiger partial charge < -0.3 is 10.6 Å². The number of amides is 1. The molecular formula is C11H16N2O7S2. The molecule has 1 amide bonds. The number of sulfone groups is 1. The maximum absolute atomic E-state index is 11.8. The van der Waals surface area contributed by atoms with Gasteiger partial charge in [-0.25, -0.2) is 12.6 Å². The quantitative estimate of drug-likeness (QED) is 0.540. The van der Waals surface area contributed by atoms with E-state index in [0.29, 0.717) is 5.56 Å². The van der Waals surface area contributed by atoms with Crippen molar-refractivity contribution in [2.75, 3.05) is 30.6 Å². The number of anilines is 1. The molecule has 0 radical (unpaired) electrons. The Morgan fingerprint density at radius 3 is 2.55 bits per heavy atom. The maximum Gasteiger partial charge on any atom is 0.398 e. The third-order valence-electron chi connectivity index (χ3n) is 2.49. The fourth-order valence-electron chi connectivity index (χ4n) is 1.43. The molecule has 0 saturated heterocycles. The molecule has 0 aromatic heterocycles. The molecule has 0 aliphatic carbocycles. The van der Waals surface area contributed by atoms with Crippen LogP contribution in [0.25, 0.3) is 0 Å². The lowest BCUT2D eigenvalue weighted by Crippen LogP contribution is -2.30. The molecule has 0 heterocycles. The molecule has 1 aromatic rings. The van der Waals surface area contributed by atoms with E-state index in [2.05, 4.69) is 14.8 Å². The summed E-state index contributed by atoms with van der Waals surface area (Å²) in [5.74, 6) is -2.18. The van der Waals surface area contributed by atoms with Gasteiger partial charge >= 0.3 is 10.4 Å². The van der Waals surface area contributed by atoms with Gasteiger partial charge in [-0.15, -0.1) is 0 Å². The molecule has 11 heteroatoms. The second-order valence-corrected chi connectivity index (χ2v) is 7.42. The highest BCUT2D eigenvalue weighted by Gasteiger charge is 2.16. The fourth-order valence-corrected chi connectivity index (χ4v) is 3.03. The molecule has 1 rings (SSSR count). The van der Waals surface area contributed by atoms with Crippen molar-refractivity contribution in [1.29, 1.82) is 0 Å². The summed E-state index contributed by atoms with van der Waals surface area (Å²) < 4.78 is 55.6. The molecule has 22 heavy (non-hydrogen) atoms. The van der Waals surface area contributed by atoms with Gasteiger partial charge in [0.05, 0.1) is 5.75 Å². The number of hydrogen-bond donors (Lipinski definition) is 3. The van der Waals surface area contributed by atoms with Gasteiger partial charge in [0.25, 0.3) is 5.91 Å². The molecular weight excluding hydrogens is 336 g/mol. The number of nitrogens with one attached hydrogen (secondary N) is 2. The first-order valence-corrected chi connectivity index (χ1v) is 9.20. The number of rotatable bonds is 8. The second kappa shape index (κ2) is 7.54. The summed E-state index contributed by atoms with van der Waals surface area (Å²) in [4.78, 5) is 11.8. The Labute approximate surface area is 128 Å². The first-order valence-electron chi connectivity index (χ1n) is 6.01. The van der Waals surface area contributed by atoms with Crippen LogP contribution in [-0.2, 0) is 24.4 Å². The van der Waals surface area contributed by atoms with Crippen LogP contribution in [0.2, 0.25) is 0 Å². The standard InChI is InChI=1S/C11H16N2O7S2/c1-12-10-4-2-3-9(7-10)11(14)13-5-6-21(15,16)8-20-22(17,18)19/h2-4,7,12H,5-6,8H2,1H3,(H,13,14)(H,17,18,19). The summed E-state index contributed by atoms with van der Waals surface area (Å²) in [6.45, 7) is -0.222. The van der Waals surface area contributed by atoms with Crippen molar-refractivity contribution in [3.05, 3.63) is 29.8 Å². The Morgan fingerprint density at radius 2 is 1.95 bits per heavy atom. The molecule has 0 spiro atoms. The highest BCUT2D eigenvalue weighted by atomic mass is 32.3. The number of carbonyl (C=O) groups excluding carboxylic acids is 1. The predicted octanol–water partition coefficient (Wildman–Crippen LogP) is -0.350. The zero-order chi connectivity index (χ0) is 16.8. The Morgan fingerprint density at radius 1 is 1.27 bits per heavy atom. The molecule has 0 bridgehead atoms. The number of benzene rings is 1.